The smallest absolute Gasteiger partial charge is 0.339 e. The number of ether oxygens (including phenoxy) is 1. The van der Waals surface area contributed by atoms with Gasteiger partial charge in [0.2, 0.25) is 10.0 Å². The maximum Gasteiger partial charge on any atom is 0.339 e. The lowest BCUT2D eigenvalue weighted by atomic mass is 10.2. The molecule has 3 N–H and O–H groups in total. The molecule has 0 amide bonds. The standard InChI is InChI=1S/C11H15ClN2O4S/c1-7(6-13)14-19(16,17)10-5-8(12)3-4-9(10)11(15)18-2/h3-5,7,14H,6,13H2,1-2H3/t7-/m0/s1. The molecule has 106 valence electrons. The molecule has 6 nitrogen and oxygen atoms in total. The van der Waals surface area contributed by atoms with Gasteiger partial charge in [-0.25, -0.2) is 17.9 Å². The highest BCUT2D eigenvalue weighted by Crippen LogP contribution is 2.21. The van der Waals surface area contributed by atoms with E-state index in [0.717, 1.165) is 0 Å². The summed E-state index contributed by atoms with van der Waals surface area (Å²) in [6.45, 7) is 1.74. The highest BCUT2D eigenvalue weighted by atomic mass is 35.5. The molecule has 0 aliphatic rings. The molecule has 1 aromatic rings. The molecule has 8 heteroatoms. The molecular formula is C11H15ClN2O4S. The van der Waals surface area contributed by atoms with Gasteiger partial charge in [-0.2, -0.15) is 0 Å². The Morgan fingerprint density at radius 1 is 1.53 bits per heavy atom. The molecule has 1 rings (SSSR count). The fourth-order valence-electron chi connectivity index (χ4n) is 1.37. The Morgan fingerprint density at radius 3 is 2.68 bits per heavy atom. The van der Waals surface area contributed by atoms with E-state index in [4.69, 9.17) is 17.3 Å². The van der Waals surface area contributed by atoms with Crippen LogP contribution in [0.2, 0.25) is 5.02 Å². The lowest BCUT2D eigenvalue weighted by Crippen LogP contribution is -2.38. The largest absolute Gasteiger partial charge is 0.465 e. The minimum absolute atomic E-state index is 0.0800. The number of esters is 1. The van der Waals surface area contributed by atoms with Crippen molar-refractivity contribution in [3.63, 3.8) is 0 Å². The van der Waals surface area contributed by atoms with Crippen LogP contribution in [0.3, 0.4) is 0 Å². The van der Waals surface area contributed by atoms with Crippen molar-refractivity contribution >= 4 is 27.6 Å². The summed E-state index contributed by atoms with van der Waals surface area (Å²) in [6.07, 6.45) is 0. The average Bonchev–Trinajstić information content (AvgIpc) is 2.37. The maximum absolute atomic E-state index is 12.2. The summed E-state index contributed by atoms with van der Waals surface area (Å²) in [7, 11) is -2.73. The summed E-state index contributed by atoms with van der Waals surface area (Å²) in [5.74, 6) is -0.752. The van der Waals surface area contributed by atoms with Crippen LogP contribution < -0.4 is 10.5 Å². The van der Waals surface area contributed by atoms with Crippen LogP contribution in [0.4, 0.5) is 0 Å². The Balaban J connectivity index is 3.32. The van der Waals surface area contributed by atoms with Crippen molar-refractivity contribution in [3.8, 4) is 0 Å². The van der Waals surface area contributed by atoms with Crippen LogP contribution in [0.25, 0.3) is 0 Å². The van der Waals surface area contributed by atoms with Gasteiger partial charge >= 0.3 is 5.97 Å². The zero-order valence-electron chi connectivity index (χ0n) is 10.5. The predicted molar refractivity (Wildman–Crippen MR) is 71.6 cm³/mol. The number of benzene rings is 1. The van der Waals surface area contributed by atoms with Crippen LogP contribution >= 0.6 is 11.6 Å². The number of nitrogens with two attached hydrogens (primary N) is 1. The number of halogens is 1. The molecule has 19 heavy (non-hydrogen) atoms. The molecule has 0 radical (unpaired) electrons. The second kappa shape index (κ2) is 6.33. The Bertz CT molecular complexity index is 574. The zero-order valence-corrected chi connectivity index (χ0v) is 12.1. The molecule has 0 aliphatic carbocycles. The summed E-state index contributed by atoms with van der Waals surface area (Å²) in [6, 6.07) is 3.45. The van der Waals surface area contributed by atoms with E-state index in [0.29, 0.717) is 0 Å². The molecular weight excluding hydrogens is 292 g/mol. The summed E-state index contributed by atoms with van der Waals surface area (Å²) < 4.78 is 31.2. The monoisotopic (exact) mass is 306 g/mol. The number of nitrogens with one attached hydrogen (secondary N) is 1. The molecule has 0 bridgehead atoms. The lowest BCUT2D eigenvalue weighted by Gasteiger charge is -2.14. The number of carbonyl (C=O) groups is 1. The predicted octanol–water partition coefficient (Wildman–Crippen LogP) is 0.752. The van der Waals surface area contributed by atoms with Crippen molar-refractivity contribution in [2.45, 2.75) is 17.9 Å². The number of carbonyl (C=O) groups excluding carboxylic acids is 1. The third kappa shape index (κ3) is 3.90. The van der Waals surface area contributed by atoms with Gasteiger partial charge < -0.3 is 10.5 Å². The first kappa shape index (κ1) is 15.9. The molecule has 0 spiro atoms. The Morgan fingerprint density at radius 2 is 2.16 bits per heavy atom. The van der Waals surface area contributed by atoms with E-state index in [-0.39, 0.29) is 22.0 Å². The van der Waals surface area contributed by atoms with Crippen molar-refractivity contribution in [2.24, 2.45) is 5.73 Å². The van der Waals surface area contributed by atoms with Gasteiger partial charge in [-0.15, -0.1) is 0 Å². The van der Waals surface area contributed by atoms with Gasteiger partial charge in [0.25, 0.3) is 0 Å². The van der Waals surface area contributed by atoms with Crippen LogP contribution in [-0.4, -0.2) is 34.1 Å². The molecule has 0 heterocycles. The van der Waals surface area contributed by atoms with Crippen molar-refractivity contribution < 1.29 is 17.9 Å². The van der Waals surface area contributed by atoms with Crippen LogP contribution in [0, 0.1) is 0 Å². The zero-order chi connectivity index (χ0) is 14.6. The highest BCUT2D eigenvalue weighted by molar-refractivity contribution is 7.89. The molecule has 0 aliphatic heterocycles. The summed E-state index contributed by atoms with van der Waals surface area (Å²) in [4.78, 5) is 11.3. The van der Waals surface area contributed by atoms with E-state index in [1.807, 2.05) is 0 Å². The van der Waals surface area contributed by atoms with Gasteiger partial charge in [0, 0.05) is 17.6 Å². The third-order valence-corrected chi connectivity index (χ3v) is 4.21. The first-order valence-corrected chi connectivity index (χ1v) is 7.28. The quantitative estimate of drug-likeness (QED) is 0.782. The minimum Gasteiger partial charge on any atom is -0.465 e. The van der Waals surface area contributed by atoms with Crippen LogP contribution in [0.15, 0.2) is 23.1 Å². The molecule has 0 aromatic heterocycles. The van der Waals surface area contributed by atoms with E-state index in [9.17, 15) is 13.2 Å². The Labute approximate surface area is 116 Å². The second-order valence-electron chi connectivity index (χ2n) is 3.89. The number of hydrogen-bond acceptors (Lipinski definition) is 5. The third-order valence-electron chi connectivity index (χ3n) is 2.35. The van der Waals surface area contributed by atoms with E-state index in [2.05, 4.69) is 9.46 Å². The maximum atomic E-state index is 12.2. The summed E-state index contributed by atoms with van der Waals surface area (Å²) in [5.41, 5.74) is 5.29. The minimum atomic E-state index is -3.90. The fourth-order valence-corrected chi connectivity index (χ4v) is 3.09. The number of sulfonamides is 1. The first-order chi connectivity index (χ1) is 8.81. The van der Waals surface area contributed by atoms with Gasteiger partial charge in [-0.05, 0) is 25.1 Å². The SMILES string of the molecule is COC(=O)c1ccc(Cl)cc1S(=O)(=O)N[C@@H](C)CN. The van der Waals surface area contributed by atoms with Gasteiger partial charge in [-0.1, -0.05) is 11.6 Å². The summed E-state index contributed by atoms with van der Waals surface area (Å²) >= 11 is 5.77. The molecule has 0 saturated heterocycles. The van der Waals surface area contributed by atoms with Crippen LogP contribution in [0.1, 0.15) is 17.3 Å². The highest BCUT2D eigenvalue weighted by Gasteiger charge is 2.24. The van der Waals surface area contributed by atoms with Crippen molar-refractivity contribution in [2.75, 3.05) is 13.7 Å². The molecule has 0 saturated carbocycles. The summed E-state index contributed by atoms with van der Waals surface area (Å²) in [5, 5.41) is 0.202. The van der Waals surface area contributed by atoms with E-state index in [1.54, 1.807) is 6.92 Å². The second-order valence-corrected chi connectivity index (χ2v) is 6.01. The molecule has 0 unspecified atom stereocenters. The molecule has 1 aromatic carbocycles. The number of methoxy groups -OCH3 is 1. The van der Waals surface area contributed by atoms with Gasteiger partial charge in [-0.3, -0.25) is 0 Å². The van der Waals surface area contributed by atoms with Crippen LogP contribution in [-0.2, 0) is 14.8 Å². The van der Waals surface area contributed by atoms with Crippen LogP contribution in [0.5, 0.6) is 0 Å². The number of hydrogen-bond donors (Lipinski definition) is 2. The normalized spacial score (nSPS) is 13.1. The Hall–Kier alpha value is -1.15. The van der Waals surface area contributed by atoms with E-state index >= 15 is 0 Å². The Kier molecular flexibility index (Phi) is 5.30. The lowest BCUT2D eigenvalue weighted by molar-refractivity contribution is 0.0596. The first-order valence-electron chi connectivity index (χ1n) is 5.42. The molecule has 0 fully saturated rings. The van der Waals surface area contributed by atoms with Crippen molar-refractivity contribution in [1.82, 2.24) is 4.72 Å². The number of rotatable bonds is 5. The van der Waals surface area contributed by atoms with E-state index < -0.39 is 22.0 Å². The topological polar surface area (TPSA) is 98.5 Å². The van der Waals surface area contributed by atoms with Crippen molar-refractivity contribution in [1.29, 1.82) is 0 Å². The van der Waals surface area contributed by atoms with Gasteiger partial charge in [0.05, 0.1) is 17.6 Å². The fraction of sp³-hybridized carbons (Fsp3) is 0.364. The van der Waals surface area contributed by atoms with Gasteiger partial charge in [0.15, 0.2) is 0 Å². The molecule has 1 atom stereocenters. The average molecular weight is 307 g/mol. The van der Waals surface area contributed by atoms with Gasteiger partial charge in [0.1, 0.15) is 0 Å². The van der Waals surface area contributed by atoms with E-state index in [1.165, 1.54) is 25.3 Å². The van der Waals surface area contributed by atoms with Crippen molar-refractivity contribution in [3.05, 3.63) is 28.8 Å².